The summed E-state index contributed by atoms with van der Waals surface area (Å²) in [5, 5.41) is 21.3. The minimum Gasteiger partial charge on any atom is -0.478 e. The van der Waals surface area contributed by atoms with Crippen LogP contribution in [0.2, 0.25) is 0 Å². The fraction of sp³-hybridized carbons (Fsp3) is 0.350. The fourth-order valence-corrected chi connectivity index (χ4v) is 7.42. The highest BCUT2D eigenvalue weighted by Crippen LogP contribution is 2.24. The van der Waals surface area contributed by atoms with E-state index in [1.807, 2.05) is 12.1 Å². The smallest absolute Gasteiger partial charge is 0.328 e. The lowest BCUT2D eigenvalue weighted by Crippen LogP contribution is -2.54. The molecule has 0 bridgehead atoms. The van der Waals surface area contributed by atoms with Crippen molar-refractivity contribution in [3.8, 4) is 0 Å². The van der Waals surface area contributed by atoms with Crippen LogP contribution in [0.15, 0.2) is 59.6 Å². The number of hydrogen-bond donors (Lipinski definition) is 4. The molecule has 2 saturated heterocycles. The molecule has 8 heterocycles. The van der Waals surface area contributed by atoms with E-state index < -0.39 is 5.97 Å². The molecule has 4 N–H and O–H groups in total. The summed E-state index contributed by atoms with van der Waals surface area (Å²) in [5.41, 5.74) is 6.13. The zero-order chi connectivity index (χ0) is 38.7. The van der Waals surface area contributed by atoms with Crippen molar-refractivity contribution in [1.29, 1.82) is 0 Å². The third kappa shape index (κ3) is 13.3. The monoisotopic (exact) mass is 856 g/mol. The number of fused-ring (bicyclic) bond motifs is 2. The lowest BCUT2D eigenvalue weighted by Gasteiger charge is -2.38. The van der Waals surface area contributed by atoms with Crippen LogP contribution in [-0.4, -0.2) is 82.1 Å². The number of anilines is 2. The molecule has 2 fully saturated rings. The first kappa shape index (κ1) is 45.2. The average molecular weight is 858 g/mol. The number of rotatable bonds is 10. The van der Waals surface area contributed by atoms with Gasteiger partial charge in [0.2, 0.25) is 17.7 Å². The Morgan fingerprint density at radius 3 is 1.72 bits per heavy atom. The van der Waals surface area contributed by atoms with Gasteiger partial charge in [0.25, 0.3) is 0 Å². The number of likely N-dealkylation sites (tertiary alicyclic amines) is 1. The Labute approximate surface area is 351 Å². The maximum atomic E-state index is 12.3. The molecule has 4 aromatic rings. The van der Waals surface area contributed by atoms with Gasteiger partial charge in [-0.15, -0.1) is 47.5 Å². The van der Waals surface area contributed by atoms with Crippen LogP contribution in [0.5, 0.6) is 0 Å². The quantitative estimate of drug-likeness (QED) is 0.134. The molecule has 0 aliphatic carbocycles. The third-order valence-electron chi connectivity index (χ3n) is 9.31. The Balaban J connectivity index is 0.000000204. The summed E-state index contributed by atoms with van der Waals surface area (Å²) < 4.78 is 11.5. The number of nitrogens with one attached hydrogen (secondary N) is 3. The van der Waals surface area contributed by atoms with Gasteiger partial charge in [0.1, 0.15) is 11.6 Å². The van der Waals surface area contributed by atoms with E-state index in [4.69, 9.17) is 14.6 Å². The number of carbonyl (C=O) groups is 4. The highest BCUT2D eigenvalue weighted by molar-refractivity contribution is 7.10. The molecule has 57 heavy (non-hydrogen) atoms. The number of pyridine rings is 2. The minimum atomic E-state index is -0.994. The standard InChI is InChI=1S/C20H21N3O3S.C11H10N2O3.C9H13NOS.2ClH/c1-13-6-7-27-17(13)12-26-16-10-23(11-16)19(25)5-2-14-8-15-3-4-18(24)22-20(15)21-9-14;14-9-3-2-8-5-7(1-4-10(15)16)6-12-11(8)13-9;1-7-2-3-12-9(7)6-11-8-4-10-5-8;;/h2,5-9,16H,3-4,10-12H2,1H3,(H,21,22,24);1,4-6H,2-3H2,(H,15,16)(H,12,13,14);2-3,8,10H,4-6H2,1H3;2*1H/b5-2+;4-1+;;;. The number of thiophene rings is 2. The number of hydrogen-bond acceptors (Lipinski definition) is 11. The second-order valence-corrected chi connectivity index (χ2v) is 15.5. The highest BCUT2D eigenvalue weighted by Gasteiger charge is 2.30. The maximum absolute atomic E-state index is 12.3. The first-order valence-electron chi connectivity index (χ1n) is 18.0. The molecule has 3 amide bonds. The summed E-state index contributed by atoms with van der Waals surface area (Å²) in [6.45, 7) is 8.91. The summed E-state index contributed by atoms with van der Waals surface area (Å²) in [5.74, 6) is 0.146. The van der Waals surface area contributed by atoms with Crippen LogP contribution in [0.4, 0.5) is 11.6 Å². The van der Waals surface area contributed by atoms with Gasteiger partial charge in [0, 0.05) is 73.3 Å². The van der Waals surface area contributed by atoms with E-state index in [0.717, 1.165) is 48.0 Å². The van der Waals surface area contributed by atoms with Crippen molar-refractivity contribution in [1.82, 2.24) is 20.2 Å². The van der Waals surface area contributed by atoms with Crippen LogP contribution < -0.4 is 16.0 Å². The van der Waals surface area contributed by atoms with Crippen molar-refractivity contribution in [2.75, 3.05) is 36.8 Å². The highest BCUT2D eigenvalue weighted by atomic mass is 35.5. The summed E-state index contributed by atoms with van der Waals surface area (Å²) in [7, 11) is 0. The van der Waals surface area contributed by atoms with E-state index in [1.165, 1.54) is 33.2 Å². The van der Waals surface area contributed by atoms with Crippen molar-refractivity contribution in [3.63, 3.8) is 0 Å². The number of aryl methyl sites for hydroxylation is 4. The molecule has 0 aromatic carbocycles. The molecule has 0 radical (unpaired) electrons. The van der Waals surface area contributed by atoms with Gasteiger partial charge in [-0.3, -0.25) is 14.4 Å². The predicted octanol–water partition coefficient (Wildman–Crippen LogP) is 6.23. The summed E-state index contributed by atoms with van der Waals surface area (Å²) in [6.07, 6.45) is 11.9. The van der Waals surface area contributed by atoms with Crippen LogP contribution in [0.3, 0.4) is 0 Å². The lowest BCUT2D eigenvalue weighted by atomic mass is 10.0. The van der Waals surface area contributed by atoms with E-state index in [0.29, 0.717) is 63.1 Å². The predicted molar refractivity (Wildman–Crippen MR) is 227 cm³/mol. The number of aliphatic carboxylic acids is 1. The number of aromatic nitrogens is 2. The van der Waals surface area contributed by atoms with Gasteiger partial charge in [-0.2, -0.15) is 0 Å². The molecule has 0 atom stereocenters. The second kappa shape index (κ2) is 21.9. The largest absolute Gasteiger partial charge is 0.478 e. The van der Waals surface area contributed by atoms with Gasteiger partial charge in [-0.25, -0.2) is 14.8 Å². The van der Waals surface area contributed by atoms with Crippen molar-refractivity contribution < 1.29 is 33.8 Å². The Morgan fingerprint density at radius 1 is 0.789 bits per heavy atom. The molecule has 304 valence electrons. The Bertz CT molecular complexity index is 2080. The Hall–Kier alpha value is -4.48. The summed E-state index contributed by atoms with van der Waals surface area (Å²) in [4.78, 5) is 57.8. The zero-order valence-electron chi connectivity index (χ0n) is 31.5. The fourth-order valence-electron chi connectivity index (χ4n) is 5.77. The maximum Gasteiger partial charge on any atom is 0.328 e. The number of ether oxygens (including phenoxy) is 2. The third-order valence-corrected chi connectivity index (χ3v) is 11.3. The van der Waals surface area contributed by atoms with Crippen molar-refractivity contribution in [2.45, 2.75) is 65.0 Å². The zero-order valence-corrected chi connectivity index (χ0v) is 34.8. The van der Waals surface area contributed by atoms with Crippen LogP contribution >= 0.6 is 47.5 Å². The van der Waals surface area contributed by atoms with Crippen LogP contribution in [0, 0.1) is 13.8 Å². The number of amides is 3. The number of halogens is 2. The first-order valence-corrected chi connectivity index (χ1v) is 19.8. The molecule has 13 nitrogen and oxygen atoms in total. The molecule has 17 heteroatoms. The molecule has 4 aliphatic rings. The number of carbonyl (C=O) groups excluding carboxylic acids is 3. The van der Waals surface area contributed by atoms with E-state index >= 15 is 0 Å². The van der Waals surface area contributed by atoms with Crippen molar-refractivity contribution in [3.05, 3.63) is 103 Å². The summed E-state index contributed by atoms with van der Waals surface area (Å²) >= 11 is 3.48. The molecule has 0 spiro atoms. The molecular formula is C40H46Cl2N6O7S2. The topological polar surface area (TPSA) is 172 Å². The average Bonchev–Trinajstić information content (AvgIpc) is 3.75. The molecule has 4 aromatic heterocycles. The summed E-state index contributed by atoms with van der Waals surface area (Å²) in [6, 6.07) is 8.04. The second-order valence-electron chi connectivity index (χ2n) is 13.5. The van der Waals surface area contributed by atoms with E-state index in [2.05, 4.69) is 62.7 Å². The Kier molecular flexibility index (Phi) is 17.4. The molecule has 8 rings (SSSR count). The molecule has 0 saturated carbocycles. The van der Waals surface area contributed by atoms with Gasteiger partial charge in [0.15, 0.2) is 0 Å². The van der Waals surface area contributed by atoms with E-state index in [1.54, 1.807) is 45.9 Å². The van der Waals surface area contributed by atoms with Crippen LogP contribution in [0.25, 0.3) is 12.2 Å². The first-order chi connectivity index (χ1) is 26.6. The SMILES string of the molecule is Cc1ccsc1COC1CN(C(=O)/C=C/c2cnc3c(c2)CCC(=O)N3)C1.Cc1ccsc1COC1CNC1.Cl.Cl.O=C(O)/C=C/c1cnc2c(c1)CCC(=O)N2. The molecule has 0 unspecified atom stereocenters. The number of carboxylic acid groups (broad SMARTS) is 1. The number of nitrogens with zero attached hydrogens (tertiary/aromatic N) is 3. The normalized spacial score (nSPS) is 15.9. The Morgan fingerprint density at radius 2 is 1.28 bits per heavy atom. The molecule has 4 aliphatic heterocycles. The van der Waals surface area contributed by atoms with Crippen molar-refractivity contribution >= 4 is 95.0 Å². The minimum absolute atomic E-state index is 0. The van der Waals surface area contributed by atoms with Gasteiger partial charge < -0.3 is 35.4 Å². The van der Waals surface area contributed by atoms with Crippen LogP contribution in [0.1, 0.15) is 56.0 Å². The van der Waals surface area contributed by atoms with E-state index in [-0.39, 0.29) is 48.6 Å². The number of carboxylic acids is 1. The van der Waals surface area contributed by atoms with Gasteiger partial charge >= 0.3 is 5.97 Å². The molecular weight excluding hydrogens is 812 g/mol. The van der Waals surface area contributed by atoms with Gasteiger partial charge in [-0.1, -0.05) is 0 Å². The van der Waals surface area contributed by atoms with E-state index in [9.17, 15) is 19.2 Å². The van der Waals surface area contributed by atoms with Crippen molar-refractivity contribution in [2.24, 2.45) is 0 Å². The van der Waals surface area contributed by atoms with Gasteiger partial charge in [0.05, 0.1) is 25.4 Å². The van der Waals surface area contributed by atoms with Gasteiger partial charge in [-0.05, 0) is 107 Å². The lowest BCUT2D eigenvalue weighted by molar-refractivity contribution is -0.140. The van der Waals surface area contributed by atoms with Crippen LogP contribution in [-0.2, 0) is 54.7 Å².